The van der Waals surface area contributed by atoms with E-state index < -0.39 is 11.6 Å². The molecule has 0 fully saturated rings. The van der Waals surface area contributed by atoms with Crippen molar-refractivity contribution in [1.29, 1.82) is 0 Å². The van der Waals surface area contributed by atoms with Crippen LogP contribution < -0.4 is 5.32 Å². The first-order valence-corrected chi connectivity index (χ1v) is 11.4. The summed E-state index contributed by atoms with van der Waals surface area (Å²) in [7, 11) is 0. The van der Waals surface area contributed by atoms with Crippen LogP contribution in [0.25, 0.3) is 0 Å². The minimum absolute atomic E-state index is 0.0809. The Morgan fingerprint density at radius 3 is 1.90 bits per heavy atom. The molecular formula is C23H26Cl4N2O2. The highest BCUT2D eigenvalue weighted by atomic mass is 35.5. The Balaban J connectivity index is 2.36. The average Bonchev–Trinajstić information content (AvgIpc) is 2.66. The van der Waals surface area contributed by atoms with Crippen LogP contribution in [0.2, 0.25) is 20.1 Å². The maximum Gasteiger partial charge on any atom is 0.243 e. The molecule has 0 aromatic heterocycles. The molecule has 2 amide bonds. The van der Waals surface area contributed by atoms with E-state index in [1.54, 1.807) is 41.3 Å². The van der Waals surface area contributed by atoms with E-state index in [2.05, 4.69) is 5.32 Å². The summed E-state index contributed by atoms with van der Waals surface area (Å²) in [5.41, 5.74) is 1.07. The van der Waals surface area contributed by atoms with Gasteiger partial charge in [-0.2, -0.15) is 0 Å². The van der Waals surface area contributed by atoms with Gasteiger partial charge in [-0.3, -0.25) is 9.59 Å². The first-order valence-electron chi connectivity index (χ1n) is 9.90. The van der Waals surface area contributed by atoms with Crippen LogP contribution in [-0.4, -0.2) is 28.3 Å². The highest BCUT2D eigenvalue weighted by Gasteiger charge is 2.30. The van der Waals surface area contributed by atoms with Gasteiger partial charge in [0, 0.05) is 12.1 Å². The smallest absolute Gasteiger partial charge is 0.243 e. The lowest BCUT2D eigenvalue weighted by Gasteiger charge is -2.33. The second kappa shape index (κ2) is 10.9. The molecule has 0 unspecified atom stereocenters. The number of halogens is 4. The fourth-order valence-electron chi connectivity index (χ4n) is 3.13. The van der Waals surface area contributed by atoms with Gasteiger partial charge in [-0.05, 0) is 62.6 Å². The van der Waals surface area contributed by atoms with Crippen LogP contribution in [0.5, 0.6) is 0 Å². The van der Waals surface area contributed by atoms with E-state index in [9.17, 15) is 9.59 Å². The van der Waals surface area contributed by atoms with Crippen LogP contribution in [0.3, 0.4) is 0 Å². The molecule has 0 radical (unpaired) electrons. The Morgan fingerprint density at radius 1 is 0.903 bits per heavy atom. The molecule has 0 aliphatic rings. The average molecular weight is 504 g/mol. The molecule has 4 nitrogen and oxygen atoms in total. The molecule has 0 aliphatic heterocycles. The number of carbonyl (C=O) groups is 2. The van der Waals surface area contributed by atoms with Crippen LogP contribution in [0.1, 0.15) is 45.2 Å². The van der Waals surface area contributed by atoms with Gasteiger partial charge in [0.1, 0.15) is 6.04 Å². The molecule has 0 bridgehead atoms. The van der Waals surface area contributed by atoms with Gasteiger partial charge in [0.2, 0.25) is 11.8 Å². The molecular weight excluding hydrogens is 478 g/mol. The lowest BCUT2D eigenvalue weighted by molar-refractivity contribution is -0.141. The summed E-state index contributed by atoms with van der Waals surface area (Å²) in [5, 5.41) is 4.59. The SMILES string of the molecule is CC[C@@H](C(=O)NC(C)(C)C)N(Cc1ccc(Cl)c(Cl)c1)C(=O)Cc1ccc(Cl)c(Cl)c1. The highest BCUT2D eigenvalue weighted by molar-refractivity contribution is 6.42. The predicted octanol–water partition coefficient (Wildman–Crippen LogP) is 6.56. The summed E-state index contributed by atoms with van der Waals surface area (Å²) < 4.78 is 0. The summed E-state index contributed by atoms with van der Waals surface area (Å²) in [6.07, 6.45) is 0.536. The van der Waals surface area contributed by atoms with E-state index in [1.807, 2.05) is 27.7 Å². The van der Waals surface area contributed by atoms with E-state index in [0.29, 0.717) is 32.1 Å². The van der Waals surface area contributed by atoms with Crippen molar-refractivity contribution in [3.8, 4) is 0 Å². The maximum atomic E-state index is 13.3. The van der Waals surface area contributed by atoms with Gasteiger partial charge >= 0.3 is 0 Å². The number of carbonyl (C=O) groups excluding carboxylic acids is 2. The molecule has 2 rings (SSSR count). The fourth-order valence-corrected chi connectivity index (χ4v) is 3.77. The molecule has 2 aromatic rings. The Labute approximate surface area is 203 Å². The lowest BCUT2D eigenvalue weighted by atomic mass is 10.0. The fraction of sp³-hybridized carbons (Fsp3) is 0.391. The summed E-state index contributed by atoms with van der Waals surface area (Å²) in [6, 6.07) is 9.59. The zero-order valence-electron chi connectivity index (χ0n) is 17.9. The van der Waals surface area contributed by atoms with Crippen LogP contribution in [0.15, 0.2) is 36.4 Å². The van der Waals surface area contributed by atoms with Gasteiger partial charge in [-0.1, -0.05) is 65.5 Å². The van der Waals surface area contributed by atoms with E-state index in [4.69, 9.17) is 46.4 Å². The van der Waals surface area contributed by atoms with Crippen molar-refractivity contribution in [3.63, 3.8) is 0 Å². The normalized spacial score (nSPS) is 12.4. The van der Waals surface area contributed by atoms with Gasteiger partial charge in [0.15, 0.2) is 0 Å². The van der Waals surface area contributed by atoms with Crippen molar-refractivity contribution in [2.75, 3.05) is 0 Å². The molecule has 8 heteroatoms. The predicted molar refractivity (Wildman–Crippen MR) is 129 cm³/mol. The number of nitrogens with one attached hydrogen (secondary N) is 1. The Morgan fingerprint density at radius 2 is 1.42 bits per heavy atom. The van der Waals surface area contributed by atoms with Crippen LogP contribution in [0, 0.1) is 0 Å². The topological polar surface area (TPSA) is 49.4 Å². The van der Waals surface area contributed by atoms with Crippen LogP contribution >= 0.6 is 46.4 Å². The second-order valence-electron chi connectivity index (χ2n) is 8.36. The van der Waals surface area contributed by atoms with E-state index >= 15 is 0 Å². The largest absolute Gasteiger partial charge is 0.350 e. The third kappa shape index (κ3) is 7.57. The van der Waals surface area contributed by atoms with Gasteiger partial charge in [-0.15, -0.1) is 0 Å². The zero-order valence-corrected chi connectivity index (χ0v) is 21.0. The summed E-state index contributed by atoms with van der Waals surface area (Å²) in [6.45, 7) is 7.80. The quantitative estimate of drug-likeness (QED) is 0.464. The number of amides is 2. The molecule has 0 saturated carbocycles. The monoisotopic (exact) mass is 502 g/mol. The standard InChI is InChI=1S/C23H26Cl4N2O2/c1-5-20(22(31)28-23(2,3)4)29(13-15-7-9-17(25)19(27)11-15)21(30)12-14-6-8-16(24)18(26)10-14/h6-11,20H,5,12-13H2,1-4H3,(H,28,31)/t20-/m0/s1. The number of rotatable bonds is 7. The van der Waals surface area contributed by atoms with Crippen LogP contribution in [0.4, 0.5) is 0 Å². The van der Waals surface area contributed by atoms with Gasteiger partial charge in [0.05, 0.1) is 26.5 Å². The van der Waals surface area contributed by atoms with Crippen molar-refractivity contribution in [1.82, 2.24) is 10.2 Å². The first-order chi connectivity index (χ1) is 14.4. The number of benzene rings is 2. The Kier molecular flexibility index (Phi) is 9.08. The molecule has 0 heterocycles. The van der Waals surface area contributed by atoms with Crippen molar-refractivity contribution in [2.45, 2.75) is 58.7 Å². The molecule has 168 valence electrons. The zero-order chi connectivity index (χ0) is 23.3. The first kappa shape index (κ1) is 25.8. The van der Waals surface area contributed by atoms with Crippen molar-refractivity contribution >= 4 is 58.2 Å². The molecule has 31 heavy (non-hydrogen) atoms. The van der Waals surface area contributed by atoms with Crippen molar-refractivity contribution in [2.24, 2.45) is 0 Å². The highest BCUT2D eigenvalue weighted by Crippen LogP contribution is 2.26. The third-order valence-corrected chi connectivity index (χ3v) is 6.04. The van der Waals surface area contributed by atoms with Gasteiger partial charge in [0.25, 0.3) is 0 Å². The maximum absolute atomic E-state index is 13.3. The van der Waals surface area contributed by atoms with Crippen molar-refractivity contribution < 1.29 is 9.59 Å². The molecule has 1 N–H and O–H groups in total. The summed E-state index contributed by atoms with van der Waals surface area (Å²) in [5.74, 6) is -0.419. The Hall–Kier alpha value is -1.46. The van der Waals surface area contributed by atoms with Gasteiger partial charge < -0.3 is 10.2 Å². The molecule has 2 aromatic carbocycles. The number of hydrogen-bond acceptors (Lipinski definition) is 2. The molecule has 0 saturated heterocycles. The second-order valence-corrected chi connectivity index (χ2v) is 9.99. The Bertz CT molecular complexity index is 957. The van der Waals surface area contributed by atoms with Crippen LogP contribution in [-0.2, 0) is 22.6 Å². The summed E-state index contributed by atoms with van der Waals surface area (Å²) >= 11 is 24.3. The molecule has 0 spiro atoms. The minimum Gasteiger partial charge on any atom is -0.350 e. The molecule has 1 atom stereocenters. The minimum atomic E-state index is -0.649. The number of hydrogen-bond donors (Lipinski definition) is 1. The van der Waals surface area contributed by atoms with Crippen molar-refractivity contribution in [3.05, 3.63) is 67.6 Å². The number of nitrogens with zero attached hydrogens (tertiary/aromatic N) is 1. The lowest BCUT2D eigenvalue weighted by Crippen LogP contribution is -2.53. The molecule has 0 aliphatic carbocycles. The van der Waals surface area contributed by atoms with Gasteiger partial charge in [-0.25, -0.2) is 0 Å². The summed E-state index contributed by atoms with van der Waals surface area (Å²) in [4.78, 5) is 27.9. The van der Waals surface area contributed by atoms with E-state index in [0.717, 1.165) is 5.56 Å². The van der Waals surface area contributed by atoms with E-state index in [-0.39, 0.29) is 24.8 Å². The van der Waals surface area contributed by atoms with E-state index in [1.165, 1.54) is 0 Å². The third-order valence-electron chi connectivity index (χ3n) is 4.56.